The van der Waals surface area contributed by atoms with Gasteiger partial charge in [-0.2, -0.15) is 10.2 Å². The number of primary amides is 2. The van der Waals surface area contributed by atoms with Crippen molar-refractivity contribution in [2.45, 2.75) is 99.1 Å². The third-order valence-corrected chi connectivity index (χ3v) is 11.6. The predicted octanol–water partition coefficient (Wildman–Crippen LogP) is 5.33. The van der Waals surface area contributed by atoms with E-state index < -0.39 is 35.3 Å². The third kappa shape index (κ3) is 12.1. The number of imidazole rings is 2. The largest absolute Gasteiger partial charge is 0.494 e. The number of amides is 5. The maximum Gasteiger partial charge on any atom is 0.407 e. The first-order valence-electron chi connectivity index (χ1n) is 23.4. The lowest BCUT2D eigenvalue weighted by Gasteiger charge is -2.32. The topological polar surface area (TPSA) is 276 Å². The average molecular weight is 975 g/mol. The number of nitrogens with two attached hydrogens (primary N) is 2. The highest BCUT2D eigenvalue weighted by Crippen LogP contribution is 2.33. The lowest BCUT2D eigenvalue weighted by molar-refractivity contribution is 0.0480. The summed E-state index contributed by atoms with van der Waals surface area (Å²) in [6, 6.07) is 9.54. The first-order valence-corrected chi connectivity index (χ1v) is 23.4. The molecule has 1 aliphatic rings. The monoisotopic (exact) mass is 974 g/mol. The second-order valence-electron chi connectivity index (χ2n) is 18.1. The number of hydrogen-bond donors (Lipinski definition) is 5. The molecule has 22 nitrogen and oxygen atoms in total. The molecule has 0 spiro atoms. The number of aryl methyl sites for hydroxylation is 4. The van der Waals surface area contributed by atoms with Crippen LogP contribution in [0, 0.1) is 13.8 Å². The molecule has 0 bridgehead atoms. The Morgan fingerprint density at radius 3 is 1.65 bits per heavy atom. The summed E-state index contributed by atoms with van der Waals surface area (Å²) in [5.41, 5.74) is 14.9. The number of hydrogen-bond acceptors (Lipinski definition) is 13. The highest BCUT2D eigenvalue weighted by Gasteiger charge is 2.26. The average Bonchev–Trinajstić information content (AvgIpc) is 4.09. The fourth-order valence-corrected chi connectivity index (χ4v) is 8.35. The molecule has 0 unspecified atom stereocenters. The van der Waals surface area contributed by atoms with E-state index in [1.165, 1.54) is 19.2 Å². The molecule has 0 saturated carbocycles. The second kappa shape index (κ2) is 21.7. The summed E-state index contributed by atoms with van der Waals surface area (Å²) in [4.78, 5) is 76.7. The van der Waals surface area contributed by atoms with E-state index in [0.29, 0.717) is 76.0 Å². The summed E-state index contributed by atoms with van der Waals surface area (Å²) < 4.78 is 24.2. The van der Waals surface area contributed by atoms with Crippen molar-refractivity contribution >= 4 is 63.7 Å². The van der Waals surface area contributed by atoms with E-state index in [9.17, 15) is 24.0 Å². The van der Waals surface area contributed by atoms with Crippen LogP contribution in [-0.2, 0) is 30.9 Å². The number of nitrogens with one attached hydrogen (secondary N) is 3. The Hall–Kier alpha value is -8.01. The Labute approximate surface area is 410 Å². The van der Waals surface area contributed by atoms with Gasteiger partial charge in [0.2, 0.25) is 23.7 Å². The Kier molecular flexibility index (Phi) is 15.6. The van der Waals surface area contributed by atoms with Gasteiger partial charge in [-0.05, 0) is 97.7 Å². The van der Waals surface area contributed by atoms with Crippen LogP contribution in [0.4, 0.5) is 16.7 Å². The van der Waals surface area contributed by atoms with E-state index in [1.807, 2.05) is 58.9 Å². The molecule has 5 amide bonds. The van der Waals surface area contributed by atoms with Crippen molar-refractivity contribution < 1.29 is 38.2 Å². The number of allylic oxidation sites excluding steroid dienone is 2. The highest BCUT2D eigenvalue weighted by atomic mass is 16.6. The Bertz CT molecular complexity index is 3030. The first-order chi connectivity index (χ1) is 33.9. The Morgan fingerprint density at radius 2 is 1.18 bits per heavy atom. The lowest BCUT2D eigenvalue weighted by atomic mass is 10.1. The van der Waals surface area contributed by atoms with E-state index in [-0.39, 0.29) is 48.8 Å². The van der Waals surface area contributed by atoms with Crippen LogP contribution < -0.4 is 36.9 Å². The number of benzene rings is 2. The van der Waals surface area contributed by atoms with Gasteiger partial charge in [-0.25, -0.2) is 14.8 Å². The molecule has 0 radical (unpaired) electrons. The molecule has 0 aliphatic carbocycles. The second-order valence-corrected chi connectivity index (χ2v) is 18.1. The van der Waals surface area contributed by atoms with Crippen molar-refractivity contribution in [3.63, 3.8) is 0 Å². The van der Waals surface area contributed by atoms with Gasteiger partial charge >= 0.3 is 6.09 Å². The van der Waals surface area contributed by atoms with Gasteiger partial charge in [0.05, 0.1) is 29.5 Å². The van der Waals surface area contributed by atoms with Crippen LogP contribution in [0.5, 0.6) is 11.5 Å². The number of rotatable bonds is 19. The number of alkyl carbamates (subject to hydrolysis) is 1. The third-order valence-electron chi connectivity index (χ3n) is 11.6. The summed E-state index contributed by atoms with van der Waals surface area (Å²) in [6.07, 6.45) is 8.72. The fraction of sp³-hybridized carbons (Fsp3) is 0.408. The maximum absolute atomic E-state index is 13.9. The number of ether oxygens (including phenoxy) is 3. The van der Waals surface area contributed by atoms with Crippen molar-refractivity contribution in [2.75, 3.05) is 44.0 Å². The number of carbonyl (C=O) groups is 5. The SMILES string of the molecule is CCn1nc(C)cc1C(=O)Nc1nc2cc(C(N)=O)cc(OC)c2n1C/C=C/Cn1c(NC(=O)c2cc(C)nn2CC)nc2cc(C(N)=O)cc(OC/C=C\CN3CCC(NC(=O)OC(C)(C)C)CC3)c21. The zero-order valence-corrected chi connectivity index (χ0v) is 41.4. The van der Waals surface area contributed by atoms with E-state index in [0.717, 1.165) is 25.9 Å². The molecule has 7 rings (SSSR count). The van der Waals surface area contributed by atoms with Crippen LogP contribution in [0.15, 0.2) is 60.7 Å². The molecular weight excluding hydrogens is 913 g/mol. The summed E-state index contributed by atoms with van der Waals surface area (Å²) in [7, 11) is 1.46. The first kappa shape index (κ1) is 50.9. The summed E-state index contributed by atoms with van der Waals surface area (Å²) in [6.45, 7) is 16.4. The number of piperidine rings is 1. The maximum atomic E-state index is 13.9. The number of nitrogens with zero attached hydrogens (tertiary/aromatic N) is 9. The molecule has 71 heavy (non-hydrogen) atoms. The van der Waals surface area contributed by atoms with Gasteiger partial charge in [-0.3, -0.25) is 44.1 Å². The minimum atomic E-state index is -0.692. The number of aromatic nitrogens is 8. The molecule has 1 saturated heterocycles. The van der Waals surface area contributed by atoms with Crippen LogP contribution in [0.1, 0.15) is 101 Å². The van der Waals surface area contributed by atoms with E-state index in [2.05, 4.69) is 31.0 Å². The van der Waals surface area contributed by atoms with Crippen molar-refractivity contribution in [1.29, 1.82) is 0 Å². The van der Waals surface area contributed by atoms with Gasteiger partial charge in [0.15, 0.2) is 0 Å². The Morgan fingerprint density at radius 1 is 0.704 bits per heavy atom. The molecular formula is C49H62N14O8. The standard InChI is InChI=1S/C49H62N14O8/c1-9-62-36(23-29(3)57-62)44(66)55-46-53-34-25-31(42(50)64)27-38(69-8)40(34)60(46)18-11-12-19-61-41-35(54-47(61)56-45(67)37-24-30(4)58-63(37)10-2)26-32(43(51)65)28-39(41)70-22-14-13-17-59-20-15-33(16-21-59)52-48(68)71-49(5,6)7/h11-14,23-28,33H,9-10,15-22H2,1-8H3,(H2,50,64)(H2,51,65)(H,52,68)(H,53,55,66)(H,54,56,67)/b12-11+,14-13-. The van der Waals surface area contributed by atoms with Crippen molar-refractivity contribution in [3.05, 3.63) is 94.6 Å². The van der Waals surface area contributed by atoms with Gasteiger partial charge in [-0.15, -0.1) is 0 Å². The molecule has 5 heterocycles. The minimum Gasteiger partial charge on any atom is -0.494 e. The minimum absolute atomic E-state index is 0.0325. The van der Waals surface area contributed by atoms with Crippen molar-refractivity contribution in [3.8, 4) is 11.5 Å². The number of likely N-dealkylation sites (tertiary alicyclic amines) is 1. The zero-order chi connectivity index (χ0) is 51.1. The smallest absolute Gasteiger partial charge is 0.407 e. The van der Waals surface area contributed by atoms with Crippen molar-refractivity contribution in [1.82, 2.24) is 48.9 Å². The van der Waals surface area contributed by atoms with Crippen LogP contribution in [0.25, 0.3) is 22.1 Å². The summed E-state index contributed by atoms with van der Waals surface area (Å²) in [5, 5.41) is 17.7. The fourth-order valence-electron chi connectivity index (χ4n) is 8.35. The summed E-state index contributed by atoms with van der Waals surface area (Å²) in [5.74, 6) is -1.34. The zero-order valence-electron chi connectivity index (χ0n) is 41.4. The molecule has 6 aromatic rings. The van der Waals surface area contributed by atoms with Crippen LogP contribution in [0.3, 0.4) is 0 Å². The molecule has 22 heteroatoms. The molecule has 4 aromatic heterocycles. The van der Waals surface area contributed by atoms with Gasteiger partial charge in [0.1, 0.15) is 46.1 Å². The number of methoxy groups -OCH3 is 1. The van der Waals surface area contributed by atoms with Crippen LogP contribution >= 0.6 is 0 Å². The summed E-state index contributed by atoms with van der Waals surface area (Å²) >= 11 is 0. The van der Waals surface area contributed by atoms with Gasteiger partial charge in [0.25, 0.3) is 11.8 Å². The normalized spacial score (nSPS) is 13.6. The lowest BCUT2D eigenvalue weighted by Crippen LogP contribution is -2.46. The van der Waals surface area contributed by atoms with Gasteiger partial charge < -0.3 is 40.1 Å². The molecule has 1 fully saturated rings. The van der Waals surface area contributed by atoms with Gasteiger partial charge in [0, 0.05) is 63.0 Å². The number of carbonyl (C=O) groups excluding carboxylic acids is 5. The Balaban J connectivity index is 1.17. The van der Waals surface area contributed by atoms with E-state index in [4.69, 9.17) is 35.6 Å². The molecule has 1 aliphatic heterocycles. The van der Waals surface area contributed by atoms with Crippen molar-refractivity contribution in [2.24, 2.45) is 11.5 Å². The van der Waals surface area contributed by atoms with E-state index >= 15 is 0 Å². The molecule has 0 atom stereocenters. The molecule has 7 N–H and O–H groups in total. The quantitative estimate of drug-likeness (QED) is 0.0643. The van der Waals surface area contributed by atoms with Crippen LogP contribution in [-0.4, -0.2) is 118 Å². The van der Waals surface area contributed by atoms with Crippen LogP contribution in [0.2, 0.25) is 0 Å². The van der Waals surface area contributed by atoms with E-state index in [1.54, 1.807) is 56.6 Å². The molecule has 2 aromatic carbocycles. The predicted molar refractivity (Wildman–Crippen MR) is 267 cm³/mol. The number of anilines is 2. The van der Waals surface area contributed by atoms with Gasteiger partial charge in [-0.1, -0.05) is 24.3 Å². The number of fused-ring (bicyclic) bond motifs is 2. The molecule has 376 valence electrons. The highest BCUT2D eigenvalue weighted by molar-refractivity contribution is 6.05.